The van der Waals surface area contributed by atoms with Gasteiger partial charge < -0.3 is 29.4 Å². The normalized spacial score (nSPS) is 11.2. The van der Waals surface area contributed by atoms with E-state index in [4.69, 9.17) is 18.7 Å². The number of guanidine groups is 1. The lowest BCUT2D eigenvalue weighted by molar-refractivity contribution is 0.324. The number of nitrogens with zero attached hydrogens (tertiary/aromatic N) is 3. The zero-order valence-corrected chi connectivity index (χ0v) is 16.5. The minimum absolute atomic E-state index is 0.450. The summed E-state index contributed by atoms with van der Waals surface area (Å²) in [7, 11) is 4.76. The van der Waals surface area contributed by atoms with E-state index in [9.17, 15) is 0 Å². The van der Waals surface area contributed by atoms with Crippen molar-refractivity contribution >= 4 is 5.96 Å². The molecule has 0 amide bonds. The summed E-state index contributed by atoms with van der Waals surface area (Å²) < 4.78 is 21.2. The Morgan fingerprint density at radius 2 is 1.81 bits per heavy atom. The van der Waals surface area contributed by atoms with Crippen LogP contribution in [0.3, 0.4) is 0 Å². The first kappa shape index (κ1) is 20.3. The fourth-order valence-corrected chi connectivity index (χ4v) is 2.47. The second-order valence-electron chi connectivity index (χ2n) is 5.64. The lowest BCUT2D eigenvalue weighted by atomic mass is 10.2. The molecule has 0 aliphatic carbocycles. The third kappa shape index (κ3) is 5.77. The standard InChI is InChI=1S/C18H27N5O4/c1-6-19-18(20-8-7-16-22-12(2)23-27-16)21-11-13-9-14(24-3)17(26-5)15(10-13)25-4/h9-10H,6-8,11H2,1-5H3,(H2,19,20,21). The van der Waals surface area contributed by atoms with Crippen molar-refractivity contribution in [1.82, 2.24) is 20.8 Å². The molecule has 1 heterocycles. The lowest BCUT2D eigenvalue weighted by Crippen LogP contribution is -2.38. The van der Waals surface area contributed by atoms with E-state index in [0.717, 1.165) is 12.1 Å². The summed E-state index contributed by atoms with van der Waals surface area (Å²) in [4.78, 5) is 8.79. The van der Waals surface area contributed by atoms with E-state index in [1.165, 1.54) is 0 Å². The molecule has 0 saturated heterocycles. The van der Waals surface area contributed by atoms with Crippen molar-refractivity contribution in [3.05, 3.63) is 29.4 Å². The van der Waals surface area contributed by atoms with Gasteiger partial charge in [-0.3, -0.25) is 0 Å². The summed E-state index contributed by atoms with van der Waals surface area (Å²) >= 11 is 0. The van der Waals surface area contributed by atoms with Crippen molar-refractivity contribution < 1.29 is 18.7 Å². The van der Waals surface area contributed by atoms with Gasteiger partial charge in [-0.15, -0.1) is 0 Å². The number of aromatic nitrogens is 2. The molecule has 9 heteroatoms. The SMILES string of the molecule is CCNC(=NCc1cc(OC)c(OC)c(OC)c1)NCCc1nc(C)no1. The maximum Gasteiger partial charge on any atom is 0.228 e. The number of nitrogens with one attached hydrogen (secondary N) is 2. The molecular weight excluding hydrogens is 350 g/mol. The molecule has 0 fully saturated rings. The number of ether oxygens (including phenoxy) is 3. The van der Waals surface area contributed by atoms with Gasteiger partial charge in [0.25, 0.3) is 0 Å². The Morgan fingerprint density at radius 1 is 1.11 bits per heavy atom. The Balaban J connectivity index is 2.04. The summed E-state index contributed by atoms with van der Waals surface area (Å²) in [5.74, 6) is 3.70. The van der Waals surface area contributed by atoms with Gasteiger partial charge in [0.2, 0.25) is 11.6 Å². The largest absolute Gasteiger partial charge is 0.493 e. The van der Waals surface area contributed by atoms with Gasteiger partial charge in [0.05, 0.1) is 27.9 Å². The molecule has 0 saturated carbocycles. The van der Waals surface area contributed by atoms with Gasteiger partial charge >= 0.3 is 0 Å². The predicted molar refractivity (Wildman–Crippen MR) is 102 cm³/mol. The summed E-state index contributed by atoms with van der Waals surface area (Å²) in [5, 5.41) is 10.2. The summed E-state index contributed by atoms with van der Waals surface area (Å²) in [6.45, 7) is 5.64. The fraction of sp³-hybridized carbons (Fsp3) is 0.500. The van der Waals surface area contributed by atoms with Crippen molar-refractivity contribution in [1.29, 1.82) is 0 Å². The third-order valence-corrected chi connectivity index (χ3v) is 3.69. The number of hydrogen-bond donors (Lipinski definition) is 2. The minimum Gasteiger partial charge on any atom is -0.493 e. The molecule has 9 nitrogen and oxygen atoms in total. The maximum atomic E-state index is 5.38. The van der Waals surface area contributed by atoms with Crippen LogP contribution in [-0.4, -0.2) is 50.5 Å². The molecule has 0 unspecified atom stereocenters. The number of hydrogen-bond acceptors (Lipinski definition) is 7. The maximum absolute atomic E-state index is 5.38. The van der Waals surface area contributed by atoms with Crippen LogP contribution in [0.5, 0.6) is 17.2 Å². The number of aryl methyl sites for hydroxylation is 1. The van der Waals surface area contributed by atoms with Crippen LogP contribution in [0, 0.1) is 6.92 Å². The van der Waals surface area contributed by atoms with E-state index in [-0.39, 0.29) is 0 Å². The highest BCUT2D eigenvalue weighted by Crippen LogP contribution is 2.38. The number of rotatable bonds is 9. The molecule has 148 valence electrons. The molecule has 1 aromatic heterocycles. The van der Waals surface area contributed by atoms with Gasteiger partial charge in [0.1, 0.15) is 0 Å². The van der Waals surface area contributed by atoms with Crippen molar-refractivity contribution in [2.24, 2.45) is 4.99 Å². The zero-order chi connectivity index (χ0) is 19.6. The first-order chi connectivity index (χ1) is 13.1. The molecule has 2 rings (SSSR count). The van der Waals surface area contributed by atoms with Crippen molar-refractivity contribution in [2.45, 2.75) is 26.8 Å². The van der Waals surface area contributed by atoms with E-state index in [0.29, 0.717) is 54.4 Å². The predicted octanol–water partition coefficient (Wildman–Crippen LogP) is 1.70. The molecule has 0 radical (unpaired) electrons. The minimum atomic E-state index is 0.450. The monoisotopic (exact) mass is 377 g/mol. The Labute approximate surface area is 159 Å². The number of methoxy groups -OCH3 is 3. The quantitative estimate of drug-likeness (QED) is 0.503. The number of benzene rings is 1. The van der Waals surface area contributed by atoms with Crippen LogP contribution in [0.2, 0.25) is 0 Å². The fourth-order valence-electron chi connectivity index (χ4n) is 2.47. The molecule has 1 aromatic carbocycles. The van der Waals surface area contributed by atoms with Gasteiger partial charge in [0.15, 0.2) is 23.3 Å². The Hall–Kier alpha value is -2.97. The van der Waals surface area contributed by atoms with Crippen LogP contribution in [-0.2, 0) is 13.0 Å². The van der Waals surface area contributed by atoms with Crippen LogP contribution in [0.25, 0.3) is 0 Å². The van der Waals surface area contributed by atoms with Crippen molar-refractivity contribution in [2.75, 3.05) is 34.4 Å². The van der Waals surface area contributed by atoms with E-state index in [1.54, 1.807) is 28.3 Å². The Bertz CT molecular complexity index is 735. The Kier molecular flexibility index (Phi) is 7.72. The van der Waals surface area contributed by atoms with E-state index in [1.807, 2.05) is 19.1 Å². The molecule has 0 aliphatic heterocycles. The molecular formula is C18H27N5O4. The van der Waals surface area contributed by atoms with E-state index < -0.39 is 0 Å². The highest BCUT2D eigenvalue weighted by molar-refractivity contribution is 5.79. The molecule has 0 bridgehead atoms. The van der Waals surface area contributed by atoms with Gasteiger partial charge in [-0.2, -0.15) is 4.98 Å². The second-order valence-corrected chi connectivity index (χ2v) is 5.64. The topological polar surface area (TPSA) is 103 Å². The molecule has 2 N–H and O–H groups in total. The van der Waals surface area contributed by atoms with Gasteiger partial charge in [-0.05, 0) is 31.5 Å². The molecule has 0 atom stereocenters. The smallest absolute Gasteiger partial charge is 0.228 e. The first-order valence-electron chi connectivity index (χ1n) is 8.71. The third-order valence-electron chi connectivity index (χ3n) is 3.69. The molecule has 27 heavy (non-hydrogen) atoms. The first-order valence-corrected chi connectivity index (χ1v) is 8.71. The molecule has 2 aromatic rings. The van der Waals surface area contributed by atoms with Gasteiger partial charge in [-0.1, -0.05) is 5.16 Å². The van der Waals surface area contributed by atoms with E-state index >= 15 is 0 Å². The van der Waals surface area contributed by atoms with Crippen molar-refractivity contribution in [3.63, 3.8) is 0 Å². The average Bonchev–Trinajstić information content (AvgIpc) is 3.10. The second kappa shape index (κ2) is 10.2. The molecule has 0 spiro atoms. The summed E-state index contributed by atoms with van der Waals surface area (Å²) in [6.07, 6.45) is 0.620. The van der Waals surface area contributed by atoms with Crippen LogP contribution in [0.4, 0.5) is 0 Å². The van der Waals surface area contributed by atoms with Gasteiger partial charge in [-0.25, -0.2) is 4.99 Å². The van der Waals surface area contributed by atoms with Crippen molar-refractivity contribution in [3.8, 4) is 17.2 Å². The highest BCUT2D eigenvalue weighted by atomic mass is 16.5. The summed E-state index contributed by atoms with van der Waals surface area (Å²) in [6, 6.07) is 3.77. The van der Waals surface area contributed by atoms with E-state index in [2.05, 4.69) is 25.8 Å². The highest BCUT2D eigenvalue weighted by Gasteiger charge is 2.13. The van der Waals surface area contributed by atoms with Crippen LogP contribution in [0.15, 0.2) is 21.6 Å². The average molecular weight is 377 g/mol. The van der Waals surface area contributed by atoms with Crippen LogP contribution >= 0.6 is 0 Å². The van der Waals surface area contributed by atoms with Crippen LogP contribution in [0.1, 0.15) is 24.2 Å². The zero-order valence-electron chi connectivity index (χ0n) is 16.5. The summed E-state index contributed by atoms with van der Waals surface area (Å²) in [5.41, 5.74) is 0.939. The molecule has 0 aliphatic rings. The van der Waals surface area contributed by atoms with Crippen LogP contribution < -0.4 is 24.8 Å². The van der Waals surface area contributed by atoms with Gasteiger partial charge in [0, 0.05) is 19.5 Å². The number of aliphatic imine (C=N–C) groups is 1. The lowest BCUT2D eigenvalue weighted by Gasteiger charge is -2.14. The Morgan fingerprint density at radius 3 is 2.33 bits per heavy atom.